The summed E-state index contributed by atoms with van der Waals surface area (Å²) in [5, 5.41) is 5.41. The van der Waals surface area contributed by atoms with Crippen LogP contribution in [0.3, 0.4) is 0 Å². The van der Waals surface area contributed by atoms with Crippen LogP contribution < -0.4 is 15.4 Å². The van der Waals surface area contributed by atoms with Gasteiger partial charge in [0.1, 0.15) is 17.8 Å². The van der Waals surface area contributed by atoms with Crippen LogP contribution in [0.4, 0.5) is 39.1 Å². The molecule has 0 unspecified atom stereocenters. The van der Waals surface area contributed by atoms with E-state index in [4.69, 9.17) is 0 Å². The Labute approximate surface area is 215 Å². The molecule has 1 fully saturated rings. The number of para-hydroxylation sites is 1. The quantitative estimate of drug-likeness (QED) is 0.251. The molecule has 1 amide bonds. The average molecular weight is 558 g/mol. The van der Waals surface area contributed by atoms with E-state index in [0.29, 0.717) is 11.5 Å². The molecule has 0 radical (unpaired) electrons. The van der Waals surface area contributed by atoms with Crippen molar-refractivity contribution in [3.63, 3.8) is 0 Å². The number of nitrogens with one attached hydrogen (secondary N) is 3. The molecule has 1 heterocycles. The Morgan fingerprint density at radius 1 is 1.11 bits per heavy atom. The smallest absolute Gasteiger partial charge is 0.258 e. The number of sulfonamides is 1. The van der Waals surface area contributed by atoms with Crippen molar-refractivity contribution in [3.05, 3.63) is 53.6 Å². The van der Waals surface area contributed by atoms with Crippen molar-refractivity contribution in [2.75, 3.05) is 21.1 Å². The third-order valence-electron chi connectivity index (χ3n) is 6.10. The predicted octanol–water partition coefficient (Wildman–Crippen LogP) is 5.44. The van der Waals surface area contributed by atoms with Gasteiger partial charge in [-0.25, -0.2) is 40.3 Å². The van der Waals surface area contributed by atoms with Crippen LogP contribution in [0.25, 0.3) is 10.9 Å². The van der Waals surface area contributed by atoms with Gasteiger partial charge in [-0.15, -0.1) is 0 Å². The number of hydrogen-bond acceptors (Lipinski definition) is 6. The fourth-order valence-electron chi connectivity index (χ4n) is 4.22. The summed E-state index contributed by atoms with van der Waals surface area (Å²) in [6.45, 7) is 1.56. The van der Waals surface area contributed by atoms with E-state index in [2.05, 4.69) is 15.3 Å². The molecule has 204 valence electrons. The van der Waals surface area contributed by atoms with E-state index in [1.165, 1.54) is 12.1 Å². The van der Waals surface area contributed by atoms with Crippen LogP contribution in [0, 0.1) is 17.5 Å². The molecule has 14 heteroatoms. The maximum atomic E-state index is 15.0. The Balaban J connectivity index is 1.63. The first-order valence-electron chi connectivity index (χ1n) is 11.8. The first-order chi connectivity index (χ1) is 17.9. The Bertz CT molecular complexity index is 1480. The highest BCUT2D eigenvalue weighted by Crippen LogP contribution is 2.35. The van der Waals surface area contributed by atoms with Gasteiger partial charge in [-0.05, 0) is 31.4 Å². The van der Waals surface area contributed by atoms with Gasteiger partial charge in [-0.1, -0.05) is 13.0 Å². The highest BCUT2D eigenvalue weighted by molar-refractivity contribution is 7.92. The van der Waals surface area contributed by atoms with E-state index < -0.39 is 50.7 Å². The summed E-state index contributed by atoms with van der Waals surface area (Å²) in [5.41, 5.74) is -2.10. The zero-order chi connectivity index (χ0) is 27.7. The number of nitrogens with zero attached hydrogens (tertiary/aromatic N) is 2. The number of alkyl halides is 2. The lowest BCUT2D eigenvalue weighted by Gasteiger charge is -2.29. The van der Waals surface area contributed by atoms with Gasteiger partial charge in [-0.3, -0.25) is 9.52 Å². The minimum atomic E-state index is -4.04. The Hall–Kier alpha value is -3.55. The summed E-state index contributed by atoms with van der Waals surface area (Å²) in [7, 11) is -4.04. The number of benzene rings is 2. The molecule has 0 spiro atoms. The van der Waals surface area contributed by atoms with Crippen molar-refractivity contribution in [2.24, 2.45) is 0 Å². The first kappa shape index (κ1) is 27.5. The van der Waals surface area contributed by atoms with E-state index in [1.54, 1.807) is 13.0 Å². The van der Waals surface area contributed by atoms with Crippen molar-refractivity contribution in [2.45, 2.75) is 51.0 Å². The third kappa shape index (κ3) is 5.95. The number of aromatic nitrogens is 2. The number of amides is 1. The largest absolute Gasteiger partial charge is 0.367 e. The molecular formula is C24H24F5N5O3S. The molecule has 0 aliphatic heterocycles. The minimum absolute atomic E-state index is 0.0877. The molecule has 1 aromatic heterocycles. The van der Waals surface area contributed by atoms with E-state index in [-0.39, 0.29) is 60.8 Å². The van der Waals surface area contributed by atoms with Crippen LogP contribution in [-0.2, 0) is 10.0 Å². The standard InChI is InChI=1S/C24H24F5N5O3S/c1-2-10-38(36,37)34-17-11-16(25)18(26)21(19(17)27)33-23(35)15-5-3-4-14-20(15)30-12-31-22(14)32-13-6-8-24(28,29)9-7-13/h3-5,11-13,34H,2,6-10H2,1H3,(H,33,35)(H,30,31,32). The fraction of sp³-hybridized carbons (Fsp3) is 0.375. The summed E-state index contributed by atoms with van der Waals surface area (Å²) in [4.78, 5) is 21.3. The van der Waals surface area contributed by atoms with Crippen LogP contribution in [0.2, 0.25) is 0 Å². The summed E-state index contributed by atoms with van der Waals surface area (Å²) in [6, 6.07) is 4.42. The van der Waals surface area contributed by atoms with Crippen molar-refractivity contribution in [1.82, 2.24) is 9.97 Å². The van der Waals surface area contributed by atoms with Crippen molar-refractivity contribution in [1.29, 1.82) is 0 Å². The second kappa shape index (κ2) is 10.7. The van der Waals surface area contributed by atoms with Gasteiger partial charge in [0.25, 0.3) is 5.91 Å². The molecule has 1 aliphatic carbocycles. The lowest BCUT2D eigenvalue weighted by atomic mass is 9.92. The van der Waals surface area contributed by atoms with Crippen LogP contribution in [0.15, 0.2) is 30.6 Å². The second-order valence-corrected chi connectivity index (χ2v) is 10.8. The molecule has 0 saturated heterocycles. The molecular weight excluding hydrogens is 533 g/mol. The lowest BCUT2D eigenvalue weighted by molar-refractivity contribution is -0.0361. The van der Waals surface area contributed by atoms with Crippen LogP contribution in [-0.4, -0.2) is 42.0 Å². The molecule has 1 saturated carbocycles. The second-order valence-electron chi connectivity index (χ2n) is 8.98. The van der Waals surface area contributed by atoms with E-state index in [9.17, 15) is 30.8 Å². The van der Waals surface area contributed by atoms with E-state index in [0.717, 1.165) is 6.33 Å². The summed E-state index contributed by atoms with van der Waals surface area (Å²) >= 11 is 0. The molecule has 0 bridgehead atoms. The molecule has 2 aromatic carbocycles. The number of halogens is 5. The maximum Gasteiger partial charge on any atom is 0.258 e. The Morgan fingerprint density at radius 2 is 1.82 bits per heavy atom. The normalized spacial score (nSPS) is 15.8. The lowest BCUT2D eigenvalue weighted by Crippen LogP contribution is -2.32. The summed E-state index contributed by atoms with van der Waals surface area (Å²) in [6.07, 6.45) is 1.20. The molecule has 1 aliphatic rings. The topological polar surface area (TPSA) is 113 Å². The SMILES string of the molecule is CCCS(=O)(=O)Nc1cc(F)c(F)c(NC(=O)c2cccc3c(NC4CCC(F)(F)CC4)ncnc23)c1F. The van der Waals surface area contributed by atoms with Gasteiger partial charge >= 0.3 is 0 Å². The first-order valence-corrected chi connectivity index (χ1v) is 13.4. The molecule has 8 nitrogen and oxygen atoms in total. The predicted molar refractivity (Wildman–Crippen MR) is 132 cm³/mol. The fourth-order valence-corrected chi connectivity index (χ4v) is 5.34. The zero-order valence-electron chi connectivity index (χ0n) is 20.1. The summed E-state index contributed by atoms with van der Waals surface area (Å²) in [5.74, 6) is -8.68. The number of anilines is 3. The molecule has 4 rings (SSSR count). The van der Waals surface area contributed by atoms with Crippen LogP contribution >= 0.6 is 0 Å². The highest BCUT2D eigenvalue weighted by Gasteiger charge is 2.35. The van der Waals surface area contributed by atoms with Crippen LogP contribution in [0.1, 0.15) is 49.4 Å². The van der Waals surface area contributed by atoms with Gasteiger partial charge in [0, 0.05) is 30.3 Å². The monoisotopic (exact) mass is 557 g/mol. The minimum Gasteiger partial charge on any atom is -0.367 e. The number of carbonyl (C=O) groups is 1. The number of hydrogen-bond donors (Lipinski definition) is 3. The summed E-state index contributed by atoms with van der Waals surface area (Å²) < 4.78 is 96.6. The van der Waals surface area contributed by atoms with Gasteiger partial charge in [0.2, 0.25) is 15.9 Å². The van der Waals surface area contributed by atoms with Gasteiger partial charge in [0.15, 0.2) is 17.5 Å². The van der Waals surface area contributed by atoms with E-state index in [1.807, 2.05) is 10.0 Å². The molecule has 0 atom stereocenters. The molecule has 38 heavy (non-hydrogen) atoms. The Kier molecular flexibility index (Phi) is 7.72. The average Bonchev–Trinajstić information content (AvgIpc) is 2.86. The number of rotatable bonds is 8. The van der Waals surface area contributed by atoms with Gasteiger partial charge in [-0.2, -0.15) is 0 Å². The van der Waals surface area contributed by atoms with Gasteiger partial charge in [0.05, 0.1) is 22.5 Å². The highest BCUT2D eigenvalue weighted by atomic mass is 32.2. The molecule has 3 N–H and O–H groups in total. The Morgan fingerprint density at radius 3 is 2.50 bits per heavy atom. The number of fused-ring (bicyclic) bond motifs is 1. The van der Waals surface area contributed by atoms with Crippen molar-refractivity contribution in [3.8, 4) is 0 Å². The zero-order valence-corrected chi connectivity index (χ0v) is 20.9. The molecule has 3 aromatic rings. The van der Waals surface area contributed by atoms with E-state index >= 15 is 4.39 Å². The number of carbonyl (C=O) groups excluding carboxylic acids is 1. The van der Waals surface area contributed by atoms with Crippen molar-refractivity contribution >= 4 is 44.0 Å². The van der Waals surface area contributed by atoms with Crippen molar-refractivity contribution < 1.29 is 35.2 Å². The van der Waals surface area contributed by atoms with Gasteiger partial charge < -0.3 is 10.6 Å². The van der Waals surface area contributed by atoms with Crippen LogP contribution in [0.5, 0.6) is 0 Å². The third-order valence-corrected chi connectivity index (χ3v) is 7.58. The maximum absolute atomic E-state index is 15.0.